The molecular formula is C14H11ClN2O3. The van der Waals surface area contributed by atoms with Gasteiger partial charge in [0.25, 0.3) is 5.91 Å². The number of carbonyl (C=O) groups excluding carboxylic acids is 1. The number of pyridine rings is 1. The monoisotopic (exact) mass is 290 g/mol. The first-order valence-electron chi connectivity index (χ1n) is 5.75. The topological polar surface area (TPSA) is 79.3 Å². The van der Waals surface area contributed by atoms with Crippen molar-refractivity contribution < 1.29 is 14.7 Å². The van der Waals surface area contributed by atoms with Crippen molar-refractivity contribution in [1.29, 1.82) is 0 Å². The third kappa shape index (κ3) is 3.13. The van der Waals surface area contributed by atoms with Crippen LogP contribution in [0, 0.1) is 6.92 Å². The Balaban J connectivity index is 2.23. The Kier molecular flexibility index (Phi) is 4.00. The van der Waals surface area contributed by atoms with Gasteiger partial charge in [0.1, 0.15) is 5.82 Å². The van der Waals surface area contributed by atoms with Gasteiger partial charge in [0, 0.05) is 0 Å². The molecule has 0 bridgehead atoms. The van der Waals surface area contributed by atoms with Crippen LogP contribution in [0.15, 0.2) is 36.4 Å². The summed E-state index contributed by atoms with van der Waals surface area (Å²) in [5.74, 6) is -1.44. The summed E-state index contributed by atoms with van der Waals surface area (Å²) >= 11 is 6.00. The third-order valence-corrected chi connectivity index (χ3v) is 2.89. The number of aromatic nitrogens is 1. The Morgan fingerprint density at radius 1 is 1.25 bits per heavy atom. The van der Waals surface area contributed by atoms with Gasteiger partial charge in [-0.05, 0) is 36.8 Å². The maximum Gasteiger partial charge on any atom is 0.354 e. The molecule has 0 unspecified atom stereocenters. The van der Waals surface area contributed by atoms with Crippen molar-refractivity contribution in [3.63, 3.8) is 0 Å². The molecule has 1 aromatic heterocycles. The van der Waals surface area contributed by atoms with Crippen molar-refractivity contribution >= 4 is 29.3 Å². The quantitative estimate of drug-likeness (QED) is 0.911. The zero-order valence-electron chi connectivity index (χ0n) is 10.6. The van der Waals surface area contributed by atoms with Crippen molar-refractivity contribution in [2.24, 2.45) is 0 Å². The van der Waals surface area contributed by atoms with Crippen LogP contribution in [0.4, 0.5) is 5.82 Å². The Hall–Kier alpha value is -2.40. The van der Waals surface area contributed by atoms with Crippen LogP contribution >= 0.6 is 11.6 Å². The van der Waals surface area contributed by atoms with E-state index >= 15 is 0 Å². The minimum atomic E-state index is -1.16. The van der Waals surface area contributed by atoms with Gasteiger partial charge in [0.2, 0.25) is 0 Å². The van der Waals surface area contributed by atoms with Gasteiger partial charge in [-0.25, -0.2) is 9.78 Å². The van der Waals surface area contributed by atoms with E-state index in [1.807, 2.05) is 6.92 Å². The van der Waals surface area contributed by atoms with E-state index in [1.165, 1.54) is 18.2 Å². The highest BCUT2D eigenvalue weighted by atomic mass is 35.5. The number of carboxylic acid groups (broad SMARTS) is 1. The van der Waals surface area contributed by atoms with E-state index < -0.39 is 11.9 Å². The lowest BCUT2D eigenvalue weighted by Gasteiger charge is -2.07. The van der Waals surface area contributed by atoms with E-state index in [2.05, 4.69) is 10.3 Å². The Morgan fingerprint density at radius 2 is 2.00 bits per heavy atom. The average molecular weight is 291 g/mol. The van der Waals surface area contributed by atoms with Gasteiger partial charge in [0.15, 0.2) is 5.69 Å². The summed E-state index contributed by atoms with van der Waals surface area (Å²) in [6.45, 7) is 1.87. The summed E-state index contributed by atoms with van der Waals surface area (Å²) in [6, 6.07) is 9.40. The fraction of sp³-hybridized carbons (Fsp3) is 0.0714. The second kappa shape index (κ2) is 5.71. The molecule has 0 aliphatic carbocycles. The average Bonchev–Trinajstić information content (AvgIpc) is 2.38. The van der Waals surface area contributed by atoms with Gasteiger partial charge in [-0.1, -0.05) is 23.7 Å². The molecule has 6 heteroatoms. The Morgan fingerprint density at radius 3 is 2.65 bits per heavy atom. The minimum absolute atomic E-state index is 0.141. The van der Waals surface area contributed by atoms with Crippen molar-refractivity contribution in [2.75, 3.05) is 5.32 Å². The van der Waals surface area contributed by atoms with Crippen LogP contribution in [0.1, 0.15) is 26.4 Å². The zero-order chi connectivity index (χ0) is 14.7. The first-order valence-corrected chi connectivity index (χ1v) is 6.13. The first kappa shape index (κ1) is 14.0. The summed E-state index contributed by atoms with van der Waals surface area (Å²) < 4.78 is 0. The lowest BCUT2D eigenvalue weighted by Crippen LogP contribution is -2.14. The summed E-state index contributed by atoms with van der Waals surface area (Å²) in [5.41, 5.74) is 1.11. The van der Waals surface area contributed by atoms with Crippen molar-refractivity contribution in [2.45, 2.75) is 6.92 Å². The molecule has 0 atom stereocenters. The van der Waals surface area contributed by atoms with E-state index in [0.29, 0.717) is 10.6 Å². The number of hydrogen-bond acceptors (Lipinski definition) is 3. The van der Waals surface area contributed by atoms with E-state index in [-0.39, 0.29) is 11.5 Å². The molecule has 2 rings (SSSR count). The van der Waals surface area contributed by atoms with Crippen LogP contribution in [-0.2, 0) is 0 Å². The summed E-state index contributed by atoms with van der Waals surface area (Å²) in [7, 11) is 0. The molecule has 1 amide bonds. The lowest BCUT2D eigenvalue weighted by atomic mass is 10.1. The van der Waals surface area contributed by atoms with Crippen molar-refractivity contribution in [1.82, 2.24) is 4.98 Å². The van der Waals surface area contributed by atoms with Gasteiger partial charge in [0.05, 0.1) is 10.6 Å². The molecule has 1 aromatic carbocycles. The highest BCUT2D eigenvalue weighted by molar-refractivity contribution is 6.34. The van der Waals surface area contributed by atoms with Gasteiger partial charge in [-0.15, -0.1) is 0 Å². The second-order valence-corrected chi connectivity index (χ2v) is 4.56. The number of carboxylic acids is 1. The zero-order valence-corrected chi connectivity index (χ0v) is 11.3. The van der Waals surface area contributed by atoms with Crippen LogP contribution in [0.25, 0.3) is 0 Å². The van der Waals surface area contributed by atoms with E-state index in [0.717, 1.165) is 5.56 Å². The van der Waals surface area contributed by atoms with Gasteiger partial charge in [-0.3, -0.25) is 4.79 Å². The first-order chi connectivity index (χ1) is 9.47. The number of aromatic carboxylic acids is 1. The molecule has 2 aromatic rings. The largest absolute Gasteiger partial charge is 0.477 e. The molecule has 0 saturated heterocycles. The van der Waals surface area contributed by atoms with Crippen LogP contribution in [0.5, 0.6) is 0 Å². The van der Waals surface area contributed by atoms with Crippen LogP contribution in [0.2, 0.25) is 5.02 Å². The fourth-order valence-electron chi connectivity index (χ4n) is 1.61. The summed E-state index contributed by atoms with van der Waals surface area (Å²) in [6.07, 6.45) is 0. The number of halogens is 1. The molecule has 20 heavy (non-hydrogen) atoms. The number of nitrogens with zero attached hydrogens (tertiary/aromatic N) is 1. The lowest BCUT2D eigenvalue weighted by molar-refractivity contribution is 0.0690. The third-order valence-electron chi connectivity index (χ3n) is 2.58. The molecule has 2 N–H and O–H groups in total. The molecule has 0 radical (unpaired) electrons. The van der Waals surface area contributed by atoms with E-state index in [4.69, 9.17) is 16.7 Å². The number of hydrogen-bond donors (Lipinski definition) is 2. The van der Waals surface area contributed by atoms with E-state index in [9.17, 15) is 9.59 Å². The van der Waals surface area contributed by atoms with Gasteiger partial charge in [-0.2, -0.15) is 0 Å². The Bertz CT molecular complexity index is 686. The summed E-state index contributed by atoms with van der Waals surface area (Å²) in [4.78, 5) is 26.7. The van der Waals surface area contributed by atoms with Gasteiger partial charge >= 0.3 is 5.97 Å². The van der Waals surface area contributed by atoms with Crippen LogP contribution in [-0.4, -0.2) is 22.0 Å². The van der Waals surface area contributed by atoms with Gasteiger partial charge < -0.3 is 10.4 Å². The molecule has 102 valence electrons. The highest BCUT2D eigenvalue weighted by Crippen LogP contribution is 2.18. The fourth-order valence-corrected chi connectivity index (χ4v) is 1.93. The number of rotatable bonds is 3. The maximum absolute atomic E-state index is 12.0. The normalized spacial score (nSPS) is 10.1. The SMILES string of the molecule is Cc1ccc(C(=O)Nc2cccc(C(=O)O)n2)c(Cl)c1. The smallest absolute Gasteiger partial charge is 0.354 e. The number of benzene rings is 1. The highest BCUT2D eigenvalue weighted by Gasteiger charge is 2.12. The molecule has 1 heterocycles. The molecule has 0 spiro atoms. The van der Waals surface area contributed by atoms with Crippen LogP contribution < -0.4 is 5.32 Å². The molecule has 5 nitrogen and oxygen atoms in total. The molecule has 0 aliphatic rings. The number of anilines is 1. The Labute approximate surface area is 120 Å². The molecular weight excluding hydrogens is 280 g/mol. The molecule has 0 saturated carbocycles. The second-order valence-electron chi connectivity index (χ2n) is 4.15. The number of aryl methyl sites for hydroxylation is 1. The van der Waals surface area contributed by atoms with Crippen molar-refractivity contribution in [3.8, 4) is 0 Å². The van der Waals surface area contributed by atoms with Crippen LogP contribution in [0.3, 0.4) is 0 Å². The maximum atomic E-state index is 12.0. The number of amides is 1. The van der Waals surface area contributed by atoms with Crippen molar-refractivity contribution in [3.05, 3.63) is 58.2 Å². The predicted octanol–water partition coefficient (Wildman–Crippen LogP) is 2.99. The predicted molar refractivity (Wildman–Crippen MR) is 75.3 cm³/mol. The summed E-state index contributed by atoms with van der Waals surface area (Å²) in [5, 5.41) is 11.7. The number of nitrogens with one attached hydrogen (secondary N) is 1. The number of carbonyl (C=O) groups is 2. The minimum Gasteiger partial charge on any atom is -0.477 e. The standard InChI is InChI=1S/C14H11ClN2O3/c1-8-5-6-9(10(15)7-8)13(18)17-12-4-2-3-11(16-12)14(19)20/h2-7H,1H3,(H,19,20)(H,16,17,18). The molecule has 0 fully saturated rings. The molecule has 0 aliphatic heterocycles. The van der Waals surface area contributed by atoms with E-state index in [1.54, 1.807) is 18.2 Å².